The van der Waals surface area contributed by atoms with Crippen molar-refractivity contribution < 1.29 is 0 Å². The molecule has 1 unspecified atom stereocenters. The molecular weight excluding hydrogens is 206 g/mol. The molecule has 0 aliphatic heterocycles. The molecule has 0 fully saturated rings. The van der Waals surface area contributed by atoms with E-state index < -0.39 is 0 Å². The van der Waals surface area contributed by atoms with Gasteiger partial charge in [0.05, 0.1) is 11.4 Å². The van der Waals surface area contributed by atoms with E-state index in [-0.39, 0.29) is 0 Å². The van der Waals surface area contributed by atoms with Crippen molar-refractivity contribution in [2.24, 2.45) is 5.92 Å². The van der Waals surface area contributed by atoms with Crippen molar-refractivity contribution in [1.29, 1.82) is 0 Å². The molecule has 3 nitrogen and oxygen atoms in total. The fraction of sp³-hybridized carbons (Fsp3) is 0.636. The Kier molecular flexibility index (Phi) is 2.06. The van der Waals surface area contributed by atoms with Crippen LogP contribution in [0.1, 0.15) is 36.7 Å². The third-order valence-electron chi connectivity index (χ3n) is 3.14. The second kappa shape index (κ2) is 3.30. The van der Waals surface area contributed by atoms with Crippen LogP contribution in [0.5, 0.6) is 0 Å². The molecule has 80 valence electrons. The number of imidazole rings is 1. The maximum Gasteiger partial charge on any atom is 0.212 e. The van der Waals surface area contributed by atoms with Gasteiger partial charge in [-0.15, -0.1) is 0 Å². The van der Waals surface area contributed by atoms with Crippen molar-refractivity contribution in [2.75, 3.05) is 0 Å². The van der Waals surface area contributed by atoms with Crippen molar-refractivity contribution in [3.63, 3.8) is 0 Å². The van der Waals surface area contributed by atoms with E-state index in [0.717, 1.165) is 30.1 Å². The highest BCUT2D eigenvalue weighted by molar-refractivity contribution is 7.16. The van der Waals surface area contributed by atoms with Crippen LogP contribution in [0.4, 0.5) is 0 Å². The Bertz CT molecular complexity index is 497. The molecule has 15 heavy (non-hydrogen) atoms. The average molecular weight is 221 g/mol. The molecule has 0 aromatic carbocycles. The first-order valence-corrected chi connectivity index (χ1v) is 6.45. The van der Waals surface area contributed by atoms with Crippen LogP contribution in [0.2, 0.25) is 0 Å². The molecule has 0 amide bonds. The maximum absolute atomic E-state index is 4.68. The largest absolute Gasteiger partial charge is 0.222 e. The summed E-state index contributed by atoms with van der Waals surface area (Å²) in [5, 5.41) is 5.80. The SMILES string of the molecule is CCc1nn2c3c(nc2s1)CCC(C)C3. The van der Waals surface area contributed by atoms with Crippen LogP contribution in [-0.2, 0) is 19.3 Å². The van der Waals surface area contributed by atoms with E-state index in [9.17, 15) is 0 Å². The van der Waals surface area contributed by atoms with E-state index >= 15 is 0 Å². The smallest absolute Gasteiger partial charge is 0.212 e. The molecule has 0 saturated heterocycles. The Morgan fingerprint density at radius 2 is 2.40 bits per heavy atom. The van der Waals surface area contributed by atoms with Crippen LogP contribution in [0.3, 0.4) is 0 Å². The Labute approximate surface area is 93.1 Å². The average Bonchev–Trinajstić information content (AvgIpc) is 2.75. The van der Waals surface area contributed by atoms with Crippen molar-refractivity contribution in [2.45, 2.75) is 39.5 Å². The highest BCUT2D eigenvalue weighted by Gasteiger charge is 2.22. The van der Waals surface area contributed by atoms with Gasteiger partial charge in [-0.05, 0) is 31.6 Å². The summed E-state index contributed by atoms with van der Waals surface area (Å²) < 4.78 is 2.08. The highest BCUT2D eigenvalue weighted by atomic mass is 32.1. The van der Waals surface area contributed by atoms with Crippen LogP contribution in [0.15, 0.2) is 0 Å². The van der Waals surface area contributed by atoms with E-state index in [1.54, 1.807) is 11.3 Å². The number of nitrogens with zero attached hydrogens (tertiary/aromatic N) is 3. The van der Waals surface area contributed by atoms with Crippen molar-refractivity contribution in [1.82, 2.24) is 14.6 Å². The zero-order valence-corrected chi connectivity index (χ0v) is 9.97. The topological polar surface area (TPSA) is 30.2 Å². The quantitative estimate of drug-likeness (QED) is 0.740. The summed E-state index contributed by atoms with van der Waals surface area (Å²) >= 11 is 1.73. The van der Waals surface area contributed by atoms with Gasteiger partial charge >= 0.3 is 0 Å². The van der Waals surface area contributed by atoms with Gasteiger partial charge in [0.1, 0.15) is 5.01 Å². The molecule has 0 radical (unpaired) electrons. The third-order valence-corrected chi connectivity index (χ3v) is 4.19. The molecule has 0 N–H and O–H groups in total. The normalized spacial score (nSPS) is 20.8. The molecule has 2 aromatic rings. The van der Waals surface area contributed by atoms with Crippen molar-refractivity contribution >= 4 is 16.3 Å². The van der Waals surface area contributed by atoms with E-state index in [1.807, 2.05) is 0 Å². The molecule has 4 heteroatoms. The number of aromatic nitrogens is 3. The highest BCUT2D eigenvalue weighted by Crippen LogP contribution is 2.27. The van der Waals surface area contributed by atoms with Crippen LogP contribution < -0.4 is 0 Å². The lowest BCUT2D eigenvalue weighted by molar-refractivity contribution is 0.484. The Hall–Kier alpha value is -0.900. The second-order valence-electron chi connectivity index (χ2n) is 4.40. The monoisotopic (exact) mass is 221 g/mol. The van der Waals surface area contributed by atoms with Crippen LogP contribution >= 0.6 is 11.3 Å². The summed E-state index contributed by atoms with van der Waals surface area (Å²) in [6, 6.07) is 0. The zero-order chi connectivity index (χ0) is 10.4. The molecule has 1 atom stereocenters. The molecule has 1 aliphatic rings. The first-order valence-electron chi connectivity index (χ1n) is 5.64. The van der Waals surface area contributed by atoms with Crippen LogP contribution in [0.25, 0.3) is 4.96 Å². The fourth-order valence-corrected chi connectivity index (χ4v) is 3.11. The number of fused-ring (bicyclic) bond motifs is 3. The van der Waals surface area contributed by atoms with Gasteiger partial charge in [-0.1, -0.05) is 25.2 Å². The van der Waals surface area contributed by atoms with Gasteiger partial charge in [0.25, 0.3) is 0 Å². The lowest BCUT2D eigenvalue weighted by atomic mass is 9.92. The first kappa shape index (κ1) is 9.33. The standard InChI is InChI=1S/C11H15N3S/c1-3-10-13-14-9-6-7(2)4-5-8(9)12-11(14)15-10/h7H,3-6H2,1-2H3. The summed E-state index contributed by atoms with van der Waals surface area (Å²) in [5.74, 6) is 0.782. The molecule has 2 heterocycles. The van der Waals surface area contributed by atoms with Crippen LogP contribution in [-0.4, -0.2) is 14.6 Å². The molecular formula is C11H15N3S. The summed E-state index contributed by atoms with van der Waals surface area (Å²) in [6.45, 7) is 4.46. The summed E-state index contributed by atoms with van der Waals surface area (Å²) in [6.07, 6.45) is 4.56. The first-order chi connectivity index (χ1) is 7.28. The van der Waals surface area contributed by atoms with Crippen molar-refractivity contribution in [3.8, 4) is 0 Å². The van der Waals surface area contributed by atoms with Gasteiger partial charge in [0, 0.05) is 0 Å². The molecule has 1 aliphatic carbocycles. The lowest BCUT2D eigenvalue weighted by Crippen LogP contribution is -2.12. The zero-order valence-electron chi connectivity index (χ0n) is 9.16. The lowest BCUT2D eigenvalue weighted by Gasteiger charge is -2.16. The van der Waals surface area contributed by atoms with E-state index in [0.29, 0.717) is 0 Å². The number of rotatable bonds is 1. The van der Waals surface area contributed by atoms with Gasteiger partial charge in [-0.2, -0.15) is 5.10 Å². The molecule has 0 bridgehead atoms. The van der Waals surface area contributed by atoms with Gasteiger partial charge in [-0.3, -0.25) is 0 Å². The number of aryl methyl sites for hydroxylation is 2. The maximum atomic E-state index is 4.68. The Morgan fingerprint density at radius 3 is 3.20 bits per heavy atom. The third kappa shape index (κ3) is 1.39. The predicted octanol–water partition coefficient (Wildman–Crippen LogP) is 2.48. The van der Waals surface area contributed by atoms with Gasteiger partial charge in [-0.25, -0.2) is 9.50 Å². The minimum absolute atomic E-state index is 0.782. The Morgan fingerprint density at radius 1 is 1.53 bits per heavy atom. The second-order valence-corrected chi connectivity index (χ2v) is 5.44. The predicted molar refractivity (Wildman–Crippen MR) is 61.4 cm³/mol. The van der Waals surface area contributed by atoms with Gasteiger partial charge < -0.3 is 0 Å². The van der Waals surface area contributed by atoms with Crippen LogP contribution in [0, 0.1) is 5.92 Å². The summed E-state index contributed by atoms with van der Waals surface area (Å²) in [4.78, 5) is 5.76. The fourth-order valence-electron chi connectivity index (χ4n) is 2.23. The van der Waals surface area contributed by atoms with E-state index in [4.69, 9.17) is 0 Å². The Balaban J connectivity index is 2.16. The summed E-state index contributed by atoms with van der Waals surface area (Å²) in [7, 11) is 0. The molecule has 0 saturated carbocycles. The number of hydrogen-bond acceptors (Lipinski definition) is 3. The van der Waals surface area contributed by atoms with Crippen molar-refractivity contribution in [3.05, 3.63) is 16.4 Å². The molecule has 3 rings (SSSR count). The van der Waals surface area contributed by atoms with Gasteiger partial charge in [0.15, 0.2) is 0 Å². The molecule has 2 aromatic heterocycles. The molecule has 0 spiro atoms. The minimum atomic E-state index is 0.782. The van der Waals surface area contributed by atoms with E-state index in [1.165, 1.54) is 22.8 Å². The van der Waals surface area contributed by atoms with Gasteiger partial charge in [0.2, 0.25) is 4.96 Å². The number of hydrogen-bond donors (Lipinski definition) is 0. The minimum Gasteiger partial charge on any atom is -0.222 e. The van der Waals surface area contributed by atoms with E-state index in [2.05, 4.69) is 28.4 Å². The summed E-state index contributed by atoms with van der Waals surface area (Å²) in [5.41, 5.74) is 2.65.